The number of carbonyl (C=O) groups excluding carboxylic acids is 1. The lowest BCUT2D eigenvalue weighted by Gasteiger charge is -2.14. The lowest BCUT2D eigenvalue weighted by Crippen LogP contribution is -2.17. The van der Waals surface area contributed by atoms with Gasteiger partial charge in [-0.3, -0.25) is 9.36 Å². The molecule has 33 heavy (non-hydrogen) atoms. The SMILES string of the molecule is CCc1cccc(CC)c1NC(=O)CSc1nnc(-c2ccccc2)n1Cc1ccccc1. The van der Waals surface area contributed by atoms with Crippen LogP contribution >= 0.6 is 11.8 Å². The molecule has 1 N–H and O–H groups in total. The summed E-state index contributed by atoms with van der Waals surface area (Å²) in [6.45, 7) is 4.85. The molecule has 4 rings (SSSR count). The number of amides is 1. The van der Waals surface area contributed by atoms with Crippen molar-refractivity contribution in [1.82, 2.24) is 14.8 Å². The van der Waals surface area contributed by atoms with Crippen LogP contribution in [0.5, 0.6) is 0 Å². The number of benzene rings is 3. The van der Waals surface area contributed by atoms with E-state index in [1.807, 2.05) is 48.5 Å². The molecule has 4 aromatic rings. The summed E-state index contributed by atoms with van der Waals surface area (Å²) in [6.07, 6.45) is 1.75. The summed E-state index contributed by atoms with van der Waals surface area (Å²) in [7, 11) is 0. The van der Waals surface area contributed by atoms with Crippen molar-refractivity contribution < 1.29 is 4.79 Å². The van der Waals surface area contributed by atoms with Crippen LogP contribution in [0.25, 0.3) is 11.4 Å². The number of nitrogens with one attached hydrogen (secondary N) is 1. The minimum absolute atomic E-state index is 0.0360. The number of hydrogen-bond acceptors (Lipinski definition) is 4. The van der Waals surface area contributed by atoms with Gasteiger partial charge in [-0.2, -0.15) is 0 Å². The Morgan fingerprint density at radius 1 is 0.848 bits per heavy atom. The Labute approximate surface area is 199 Å². The lowest BCUT2D eigenvalue weighted by atomic mass is 10.0. The van der Waals surface area contributed by atoms with Gasteiger partial charge in [0.05, 0.1) is 12.3 Å². The third-order valence-electron chi connectivity index (χ3n) is 5.53. The molecule has 1 aromatic heterocycles. The second kappa shape index (κ2) is 11.0. The number of hydrogen-bond donors (Lipinski definition) is 1. The van der Waals surface area contributed by atoms with E-state index in [4.69, 9.17) is 0 Å². The van der Waals surface area contributed by atoms with Crippen LogP contribution in [-0.4, -0.2) is 26.4 Å². The largest absolute Gasteiger partial charge is 0.325 e. The number of anilines is 1. The Bertz CT molecular complexity index is 1180. The zero-order chi connectivity index (χ0) is 23.0. The van der Waals surface area contributed by atoms with E-state index in [2.05, 4.69) is 64.3 Å². The molecular weight excluding hydrogens is 428 g/mol. The molecule has 0 fully saturated rings. The van der Waals surface area contributed by atoms with Crippen molar-refractivity contribution in [3.05, 3.63) is 95.6 Å². The molecule has 0 aliphatic heterocycles. The quantitative estimate of drug-likeness (QED) is 0.321. The molecule has 0 saturated heterocycles. The topological polar surface area (TPSA) is 59.8 Å². The van der Waals surface area contributed by atoms with Gasteiger partial charge in [-0.05, 0) is 29.5 Å². The first-order chi connectivity index (χ1) is 16.2. The molecule has 6 heteroatoms. The van der Waals surface area contributed by atoms with E-state index in [1.54, 1.807) is 0 Å². The van der Waals surface area contributed by atoms with Crippen molar-refractivity contribution in [1.29, 1.82) is 0 Å². The minimum atomic E-state index is -0.0360. The van der Waals surface area contributed by atoms with Crippen LogP contribution in [0.4, 0.5) is 5.69 Å². The highest BCUT2D eigenvalue weighted by atomic mass is 32.2. The van der Waals surface area contributed by atoms with Crippen LogP contribution in [0, 0.1) is 0 Å². The van der Waals surface area contributed by atoms with Crippen molar-refractivity contribution >= 4 is 23.4 Å². The lowest BCUT2D eigenvalue weighted by molar-refractivity contribution is -0.113. The van der Waals surface area contributed by atoms with Crippen LogP contribution in [-0.2, 0) is 24.2 Å². The van der Waals surface area contributed by atoms with Crippen molar-refractivity contribution in [2.24, 2.45) is 0 Å². The van der Waals surface area contributed by atoms with Gasteiger partial charge in [0.2, 0.25) is 5.91 Å². The normalized spacial score (nSPS) is 10.8. The molecular formula is C27H28N4OS. The molecule has 0 saturated carbocycles. The second-order valence-electron chi connectivity index (χ2n) is 7.74. The summed E-state index contributed by atoms with van der Waals surface area (Å²) in [6, 6.07) is 26.5. The standard InChI is InChI=1S/C27H28N4OS/c1-3-21-16-11-17-22(4-2)25(21)28-24(32)19-33-27-30-29-26(23-14-9-6-10-15-23)31(27)18-20-12-7-5-8-13-20/h5-17H,3-4,18-19H2,1-2H3,(H,28,32). The van der Waals surface area contributed by atoms with E-state index >= 15 is 0 Å². The van der Waals surface area contributed by atoms with Gasteiger partial charge in [-0.25, -0.2) is 0 Å². The molecule has 168 valence electrons. The van der Waals surface area contributed by atoms with Crippen molar-refractivity contribution in [2.75, 3.05) is 11.1 Å². The highest BCUT2D eigenvalue weighted by Crippen LogP contribution is 2.26. The Hall–Kier alpha value is -3.38. The van der Waals surface area contributed by atoms with E-state index in [0.717, 1.165) is 51.8 Å². The molecule has 3 aromatic carbocycles. The van der Waals surface area contributed by atoms with Crippen LogP contribution in [0.3, 0.4) is 0 Å². The Morgan fingerprint density at radius 2 is 1.48 bits per heavy atom. The van der Waals surface area contributed by atoms with Gasteiger partial charge in [-0.1, -0.05) is 104 Å². The molecule has 0 spiro atoms. The van der Waals surface area contributed by atoms with E-state index in [-0.39, 0.29) is 11.7 Å². The molecule has 0 aliphatic carbocycles. The molecule has 0 atom stereocenters. The number of thioether (sulfide) groups is 1. The summed E-state index contributed by atoms with van der Waals surface area (Å²) in [5, 5.41) is 12.8. The maximum absolute atomic E-state index is 12.9. The zero-order valence-electron chi connectivity index (χ0n) is 19.0. The molecule has 0 bridgehead atoms. The minimum Gasteiger partial charge on any atom is -0.325 e. The maximum atomic E-state index is 12.9. The summed E-state index contributed by atoms with van der Waals surface area (Å²) in [4.78, 5) is 12.9. The molecule has 1 amide bonds. The first-order valence-corrected chi connectivity index (χ1v) is 12.2. The molecule has 0 unspecified atom stereocenters. The van der Waals surface area contributed by atoms with E-state index in [9.17, 15) is 4.79 Å². The summed E-state index contributed by atoms with van der Waals surface area (Å²) in [5.41, 5.74) is 5.42. The summed E-state index contributed by atoms with van der Waals surface area (Å²) in [5.74, 6) is 1.03. The predicted molar refractivity (Wildman–Crippen MR) is 136 cm³/mol. The third kappa shape index (κ3) is 5.52. The van der Waals surface area contributed by atoms with E-state index in [1.165, 1.54) is 11.8 Å². The van der Waals surface area contributed by atoms with E-state index < -0.39 is 0 Å². The number of carbonyl (C=O) groups is 1. The Kier molecular flexibility index (Phi) is 7.58. The van der Waals surface area contributed by atoms with Crippen molar-refractivity contribution in [2.45, 2.75) is 38.4 Å². The fourth-order valence-electron chi connectivity index (χ4n) is 3.81. The van der Waals surface area contributed by atoms with Crippen molar-refractivity contribution in [3.8, 4) is 11.4 Å². The monoisotopic (exact) mass is 456 g/mol. The van der Waals surface area contributed by atoms with E-state index in [0.29, 0.717) is 6.54 Å². The summed E-state index contributed by atoms with van der Waals surface area (Å²) >= 11 is 1.41. The highest BCUT2D eigenvalue weighted by Gasteiger charge is 2.17. The second-order valence-corrected chi connectivity index (χ2v) is 8.68. The van der Waals surface area contributed by atoms with Gasteiger partial charge in [-0.15, -0.1) is 10.2 Å². The summed E-state index contributed by atoms with van der Waals surface area (Å²) < 4.78 is 2.08. The first kappa shape index (κ1) is 22.8. The van der Waals surface area contributed by atoms with Gasteiger partial charge < -0.3 is 5.32 Å². The fraction of sp³-hybridized carbons (Fsp3) is 0.222. The van der Waals surface area contributed by atoms with Gasteiger partial charge in [0, 0.05) is 11.3 Å². The van der Waals surface area contributed by atoms with Crippen molar-refractivity contribution in [3.63, 3.8) is 0 Å². The first-order valence-electron chi connectivity index (χ1n) is 11.3. The van der Waals surface area contributed by atoms with Gasteiger partial charge >= 0.3 is 0 Å². The van der Waals surface area contributed by atoms with Crippen LogP contribution < -0.4 is 5.32 Å². The fourth-order valence-corrected chi connectivity index (χ4v) is 4.55. The van der Waals surface area contributed by atoms with Gasteiger partial charge in [0.25, 0.3) is 0 Å². The Balaban J connectivity index is 1.55. The predicted octanol–water partition coefficient (Wildman–Crippen LogP) is 5.85. The number of nitrogens with zero attached hydrogens (tertiary/aromatic N) is 3. The number of aryl methyl sites for hydroxylation is 2. The number of rotatable bonds is 9. The molecule has 5 nitrogen and oxygen atoms in total. The molecule has 1 heterocycles. The average Bonchev–Trinajstić information content (AvgIpc) is 3.26. The van der Waals surface area contributed by atoms with Gasteiger partial charge in [0.1, 0.15) is 0 Å². The van der Waals surface area contributed by atoms with Crippen LogP contribution in [0.15, 0.2) is 84.0 Å². The highest BCUT2D eigenvalue weighted by molar-refractivity contribution is 7.99. The number of aromatic nitrogens is 3. The molecule has 0 radical (unpaired) electrons. The maximum Gasteiger partial charge on any atom is 0.234 e. The van der Waals surface area contributed by atoms with Crippen LogP contribution in [0.2, 0.25) is 0 Å². The van der Waals surface area contributed by atoms with Gasteiger partial charge in [0.15, 0.2) is 11.0 Å². The molecule has 0 aliphatic rings. The Morgan fingerprint density at radius 3 is 2.12 bits per heavy atom. The zero-order valence-corrected chi connectivity index (χ0v) is 19.8. The smallest absolute Gasteiger partial charge is 0.234 e. The van der Waals surface area contributed by atoms with Crippen LogP contribution in [0.1, 0.15) is 30.5 Å². The average molecular weight is 457 g/mol. The number of para-hydroxylation sites is 1. The third-order valence-corrected chi connectivity index (χ3v) is 6.49.